The monoisotopic (exact) mass is 530 g/mol. The number of aliphatic hydroxyl groups excluding tert-OH is 3. The van der Waals surface area contributed by atoms with Crippen LogP contribution in [0.5, 0.6) is 11.5 Å². The number of rotatable bonds is 8. The molecule has 1 aromatic carbocycles. The number of amides is 2. The van der Waals surface area contributed by atoms with Gasteiger partial charge in [0.05, 0.1) is 44.8 Å². The molecule has 2 amide bonds. The lowest BCUT2D eigenvalue weighted by Crippen LogP contribution is -2.59. The molecule has 1 saturated carbocycles. The Morgan fingerprint density at radius 3 is 2.61 bits per heavy atom. The topological polar surface area (TPSA) is 138 Å². The number of nitrogens with one attached hydrogen (secondary N) is 1. The number of carbonyl (C=O) groups excluding carboxylic acids is 2. The number of fused-ring (bicyclic) bond motifs is 3. The number of carbonyl (C=O) groups is 2. The summed E-state index contributed by atoms with van der Waals surface area (Å²) in [6.45, 7) is 0.508. The lowest BCUT2D eigenvalue weighted by atomic mass is 9.76. The summed E-state index contributed by atoms with van der Waals surface area (Å²) >= 11 is 0. The van der Waals surface area contributed by atoms with Crippen LogP contribution >= 0.6 is 0 Å². The number of ether oxygens (including phenoxy) is 3. The maximum absolute atomic E-state index is 13.9. The summed E-state index contributed by atoms with van der Waals surface area (Å²) in [5, 5.41) is 33.7. The molecule has 10 nitrogen and oxygen atoms in total. The molecule has 2 fully saturated rings. The predicted octanol–water partition coefficient (Wildman–Crippen LogP) is 1.01. The molecule has 0 spiro atoms. The molecule has 0 radical (unpaired) electrons. The van der Waals surface area contributed by atoms with Crippen LogP contribution in [0.15, 0.2) is 23.8 Å². The smallest absolute Gasteiger partial charge is 0.247 e. The van der Waals surface area contributed by atoms with E-state index in [9.17, 15) is 24.9 Å². The van der Waals surface area contributed by atoms with Crippen LogP contribution in [0.1, 0.15) is 55.6 Å². The Bertz CT molecular complexity index is 1060. The van der Waals surface area contributed by atoms with Gasteiger partial charge in [0, 0.05) is 30.3 Å². The average molecular weight is 531 g/mol. The van der Waals surface area contributed by atoms with E-state index in [0.29, 0.717) is 47.8 Å². The van der Waals surface area contributed by atoms with E-state index in [1.807, 2.05) is 0 Å². The van der Waals surface area contributed by atoms with E-state index in [4.69, 9.17) is 14.2 Å². The van der Waals surface area contributed by atoms with E-state index in [1.54, 1.807) is 23.1 Å². The molecule has 1 unspecified atom stereocenters. The van der Waals surface area contributed by atoms with E-state index >= 15 is 0 Å². The molecule has 5 atom stereocenters. The van der Waals surface area contributed by atoms with Crippen molar-refractivity contribution in [3.05, 3.63) is 34.9 Å². The normalized spacial score (nSPS) is 28.6. The highest BCUT2D eigenvalue weighted by Gasteiger charge is 2.52. The van der Waals surface area contributed by atoms with Gasteiger partial charge in [-0.1, -0.05) is 19.3 Å². The summed E-state index contributed by atoms with van der Waals surface area (Å²) in [4.78, 5) is 29.2. The van der Waals surface area contributed by atoms with Crippen LogP contribution in [0.2, 0.25) is 0 Å². The molecule has 2 aliphatic heterocycles. The molecule has 1 saturated heterocycles. The van der Waals surface area contributed by atoms with Gasteiger partial charge >= 0.3 is 0 Å². The molecule has 1 aromatic rings. The summed E-state index contributed by atoms with van der Waals surface area (Å²) in [5.41, 5.74) is 1.60. The van der Waals surface area contributed by atoms with Gasteiger partial charge in [-0.3, -0.25) is 9.59 Å². The Kier molecular flexibility index (Phi) is 8.23. The molecule has 4 N–H and O–H groups in total. The second kappa shape index (κ2) is 11.6. The van der Waals surface area contributed by atoms with Gasteiger partial charge in [0.15, 0.2) is 11.5 Å². The maximum Gasteiger partial charge on any atom is 0.247 e. The molecule has 2 heterocycles. The largest absolute Gasteiger partial charge is 0.493 e. The zero-order valence-electron chi connectivity index (χ0n) is 21.8. The first kappa shape index (κ1) is 26.9. The van der Waals surface area contributed by atoms with E-state index in [0.717, 1.165) is 32.1 Å². The molecular weight excluding hydrogens is 492 g/mol. The van der Waals surface area contributed by atoms with Gasteiger partial charge in [-0.2, -0.15) is 0 Å². The molecule has 10 heteroatoms. The number of hydrogen-bond acceptors (Lipinski definition) is 8. The minimum Gasteiger partial charge on any atom is -0.493 e. The molecule has 38 heavy (non-hydrogen) atoms. The highest BCUT2D eigenvalue weighted by atomic mass is 16.5. The van der Waals surface area contributed by atoms with Gasteiger partial charge in [-0.15, -0.1) is 0 Å². The Labute approximate surface area is 222 Å². The number of methoxy groups -OCH3 is 1. The van der Waals surface area contributed by atoms with Gasteiger partial charge in [0.2, 0.25) is 11.8 Å². The molecular formula is C28H38N2O8. The van der Waals surface area contributed by atoms with E-state index < -0.39 is 30.1 Å². The third kappa shape index (κ3) is 4.90. The Hall–Kier alpha value is -2.66. The van der Waals surface area contributed by atoms with Crippen molar-refractivity contribution in [3.63, 3.8) is 0 Å². The van der Waals surface area contributed by atoms with Crippen molar-refractivity contribution in [2.24, 2.45) is 5.92 Å². The van der Waals surface area contributed by atoms with Crippen molar-refractivity contribution in [2.45, 2.75) is 75.3 Å². The van der Waals surface area contributed by atoms with Crippen LogP contribution in [0, 0.1) is 5.92 Å². The van der Waals surface area contributed by atoms with Crippen LogP contribution in [0.4, 0.5) is 0 Å². The summed E-state index contributed by atoms with van der Waals surface area (Å²) < 4.78 is 17.4. The lowest BCUT2D eigenvalue weighted by Gasteiger charge is -2.45. The first-order valence-electron chi connectivity index (χ1n) is 13.7. The number of nitrogens with zero attached hydrogens (tertiary/aromatic N) is 1. The Balaban J connectivity index is 1.59. The molecule has 5 rings (SSSR count). The maximum atomic E-state index is 13.9. The van der Waals surface area contributed by atoms with Crippen molar-refractivity contribution >= 4 is 11.8 Å². The minimum atomic E-state index is -1.10. The fraction of sp³-hybridized carbons (Fsp3) is 0.643. The van der Waals surface area contributed by atoms with E-state index in [2.05, 4.69) is 5.32 Å². The first-order valence-corrected chi connectivity index (χ1v) is 13.7. The fourth-order valence-corrected chi connectivity index (χ4v) is 6.46. The van der Waals surface area contributed by atoms with Crippen molar-refractivity contribution in [2.75, 3.05) is 33.5 Å². The first-order chi connectivity index (χ1) is 18.5. The van der Waals surface area contributed by atoms with Crippen LogP contribution in [-0.4, -0.2) is 89.8 Å². The molecule has 208 valence electrons. The predicted molar refractivity (Wildman–Crippen MR) is 137 cm³/mol. The second-order valence-electron chi connectivity index (χ2n) is 10.6. The Morgan fingerprint density at radius 2 is 1.95 bits per heavy atom. The van der Waals surface area contributed by atoms with E-state index in [-0.39, 0.29) is 37.6 Å². The van der Waals surface area contributed by atoms with Crippen molar-refractivity contribution in [3.8, 4) is 11.5 Å². The van der Waals surface area contributed by atoms with Crippen molar-refractivity contribution < 1.29 is 39.1 Å². The molecule has 0 bridgehead atoms. The highest BCUT2D eigenvalue weighted by Crippen LogP contribution is 2.52. The summed E-state index contributed by atoms with van der Waals surface area (Å²) in [7, 11) is 1.50. The van der Waals surface area contributed by atoms with Gasteiger partial charge in [-0.05, 0) is 43.0 Å². The molecule has 0 aromatic heterocycles. The third-order valence-corrected chi connectivity index (χ3v) is 8.32. The minimum absolute atomic E-state index is 0.0506. The van der Waals surface area contributed by atoms with E-state index in [1.165, 1.54) is 7.11 Å². The standard InChI is InChI=1S/C28H38N2O8/c1-36-22-12-16(14-32)11-19-23-20(27(34)29-8-9-31)13-21(24(33)26(23)38-25(19)22)30(18-5-3-2-4-6-18)28(35)17-7-10-37-15-17/h11-13,17-18,21,23-24,26,31-33H,2-10,14-15H2,1H3,(H,29,34)/t17?,21-,23+,24+,26+/m1/s1. The summed E-state index contributed by atoms with van der Waals surface area (Å²) in [6, 6.07) is 2.63. The lowest BCUT2D eigenvalue weighted by molar-refractivity contribution is -0.145. The van der Waals surface area contributed by atoms with Crippen LogP contribution in [0.3, 0.4) is 0 Å². The molecule has 2 aliphatic carbocycles. The average Bonchev–Trinajstić information content (AvgIpc) is 3.62. The SMILES string of the molecule is COc1cc(CO)cc2c1O[C@@H]1[C@@H](O)[C@H](N(C(=O)C3CCOC3)C3CCCCC3)C=C(C(=O)NCCO)[C@H]21. The zero-order chi connectivity index (χ0) is 26.8. The van der Waals surface area contributed by atoms with Gasteiger partial charge < -0.3 is 39.7 Å². The third-order valence-electron chi connectivity index (χ3n) is 8.32. The van der Waals surface area contributed by atoms with Gasteiger partial charge in [0.1, 0.15) is 12.2 Å². The summed E-state index contributed by atoms with van der Waals surface area (Å²) in [6.07, 6.45) is 5.21. The highest BCUT2D eigenvalue weighted by molar-refractivity contribution is 5.96. The van der Waals surface area contributed by atoms with Crippen LogP contribution in [0.25, 0.3) is 0 Å². The fourth-order valence-electron chi connectivity index (χ4n) is 6.46. The quantitative estimate of drug-likeness (QED) is 0.391. The number of benzene rings is 1. The van der Waals surface area contributed by atoms with Crippen molar-refractivity contribution in [1.29, 1.82) is 0 Å². The number of aliphatic hydroxyl groups is 3. The number of hydrogen-bond donors (Lipinski definition) is 4. The zero-order valence-corrected chi connectivity index (χ0v) is 21.8. The molecule has 4 aliphatic rings. The van der Waals surface area contributed by atoms with Crippen LogP contribution in [-0.2, 0) is 20.9 Å². The van der Waals surface area contributed by atoms with Gasteiger partial charge in [0.25, 0.3) is 0 Å². The second-order valence-corrected chi connectivity index (χ2v) is 10.6. The van der Waals surface area contributed by atoms with Gasteiger partial charge in [-0.25, -0.2) is 0 Å². The Morgan fingerprint density at radius 1 is 1.16 bits per heavy atom. The summed E-state index contributed by atoms with van der Waals surface area (Å²) in [5.74, 6) is -0.539. The van der Waals surface area contributed by atoms with Crippen molar-refractivity contribution in [1.82, 2.24) is 10.2 Å². The van der Waals surface area contributed by atoms with Crippen LogP contribution < -0.4 is 14.8 Å².